The Hall–Kier alpha value is -2.97. The Labute approximate surface area is 173 Å². The summed E-state index contributed by atoms with van der Waals surface area (Å²) in [6.07, 6.45) is 1.14. The highest BCUT2D eigenvalue weighted by molar-refractivity contribution is 7.95. The molecule has 0 bridgehead atoms. The largest absolute Gasteiger partial charge is 0.550 e. The molecule has 3 aromatic rings. The van der Waals surface area contributed by atoms with Crippen molar-refractivity contribution in [2.24, 2.45) is 0 Å². The van der Waals surface area contributed by atoms with E-state index < -0.39 is 19.2 Å². The minimum Gasteiger partial charge on any atom is -0.550 e. The molecule has 152 valence electrons. The molecule has 0 saturated carbocycles. The van der Waals surface area contributed by atoms with Crippen molar-refractivity contribution in [1.82, 2.24) is 0 Å². The first-order valence-corrected chi connectivity index (χ1v) is 11.2. The molecule has 0 aliphatic rings. The van der Waals surface area contributed by atoms with Crippen molar-refractivity contribution < 1.29 is 19.8 Å². The van der Waals surface area contributed by atoms with Crippen LogP contribution in [0.2, 0.25) is 0 Å². The van der Waals surface area contributed by atoms with Crippen LogP contribution in [0.25, 0.3) is 0 Å². The predicted molar refractivity (Wildman–Crippen MR) is 120 cm³/mol. The lowest BCUT2D eigenvalue weighted by Crippen LogP contribution is -2.32. The van der Waals surface area contributed by atoms with Crippen LogP contribution in [0.5, 0.6) is 0 Å². The van der Waals surface area contributed by atoms with E-state index in [1.54, 1.807) is 0 Å². The lowest BCUT2D eigenvalue weighted by atomic mass is 10.4. The number of hydrogen-bond acceptors (Lipinski definition) is 3. The van der Waals surface area contributed by atoms with Gasteiger partial charge in [0.1, 0.15) is 23.2 Å². The summed E-state index contributed by atoms with van der Waals surface area (Å²) in [6, 6.07) is 33.0. The minimum absolute atomic E-state index is 0.833. The summed E-state index contributed by atoms with van der Waals surface area (Å²) in [5, 5.41) is 20.7. The number of carboxylic acids is 2. The molecule has 0 fully saturated rings. The monoisotopic (exact) mass is 410 g/mol. The van der Waals surface area contributed by atoms with Crippen molar-refractivity contribution in [3.63, 3.8) is 0 Å². The number of rotatable bonds is 4. The molecular weight excluding hydrogens is 383 g/mol. The zero-order chi connectivity index (χ0) is 21.7. The Bertz CT molecular complexity index is 748. The van der Waals surface area contributed by atoms with Crippen molar-refractivity contribution in [1.29, 1.82) is 0 Å². The highest BCUT2D eigenvalue weighted by Crippen LogP contribution is 2.54. The summed E-state index contributed by atoms with van der Waals surface area (Å²) in [7, 11) is -1.53. The molecule has 0 amide bonds. The van der Waals surface area contributed by atoms with Gasteiger partial charge in [-0.2, -0.15) is 0 Å². The van der Waals surface area contributed by atoms with Gasteiger partial charge in [-0.15, -0.1) is 0 Å². The molecule has 0 aliphatic carbocycles. The molecule has 0 spiro atoms. The predicted octanol–water partition coefficient (Wildman–Crippen LogP) is 2.85. The van der Waals surface area contributed by atoms with Gasteiger partial charge in [0.15, 0.2) is 0 Å². The number of carboxylic acid groups (broad SMARTS) is 2. The van der Waals surface area contributed by atoms with Gasteiger partial charge < -0.3 is 15.0 Å². The Morgan fingerprint density at radius 1 is 0.724 bits per heavy atom. The zero-order valence-corrected chi connectivity index (χ0v) is 17.9. The summed E-state index contributed by atoms with van der Waals surface area (Å²) in [6.45, 7) is 4.38. The standard InChI is InChI=1S/C20H20P.2C2H4O2/c1-2-21(18-12-6-3-7-13-18,19-14-8-4-9-15-19)20-16-10-5-11-17-20;2*1-2(3)4/h3-17H,2H2,1H3;2*1H3,(H,3,4)/q+1;;/p-1. The number of carbonyl (C=O) groups is 2. The van der Waals surface area contributed by atoms with Gasteiger partial charge in [0.2, 0.25) is 0 Å². The summed E-state index contributed by atoms with van der Waals surface area (Å²) in [5.74, 6) is -1.92. The van der Waals surface area contributed by atoms with Crippen molar-refractivity contribution in [3.05, 3.63) is 91.0 Å². The van der Waals surface area contributed by atoms with E-state index in [9.17, 15) is 0 Å². The molecule has 0 unspecified atom stereocenters. The lowest BCUT2D eigenvalue weighted by molar-refractivity contribution is -0.302. The first-order chi connectivity index (χ1) is 13.8. The van der Waals surface area contributed by atoms with Gasteiger partial charge in [-0.1, -0.05) is 54.6 Å². The fourth-order valence-corrected chi connectivity index (χ4v) is 7.08. The molecule has 0 heterocycles. The molecule has 0 saturated heterocycles. The van der Waals surface area contributed by atoms with Crippen molar-refractivity contribution in [3.8, 4) is 0 Å². The first kappa shape index (κ1) is 24.1. The minimum atomic E-state index is -1.53. The van der Waals surface area contributed by atoms with Gasteiger partial charge >= 0.3 is 0 Å². The van der Waals surface area contributed by atoms with Crippen LogP contribution in [-0.2, 0) is 9.59 Å². The van der Waals surface area contributed by atoms with Crippen molar-refractivity contribution in [2.75, 3.05) is 6.16 Å². The fourth-order valence-electron chi connectivity index (χ4n) is 3.04. The second-order valence-corrected chi connectivity index (χ2v) is 9.94. The molecule has 1 N–H and O–H groups in total. The van der Waals surface area contributed by atoms with Crippen molar-refractivity contribution in [2.45, 2.75) is 20.8 Å². The maximum Gasteiger partial charge on any atom is 0.300 e. The highest BCUT2D eigenvalue weighted by atomic mass is 31.2. The summed E-state index contributed by atoms with van der Waals surface area (Å²) >= 11 is 0. The van der Waals surface area contributed by atoms with Gasteiger partial charge in [0, 0.05) is 12.9 Å². The third-order valence-corrected chi connectivity index (χ3v) is 8.55. The van der Waals surface area contributed by atoms with Gasteiger partial charge in [-0.3, -0.25) is 4.79 Å². The van der Waals surface area contributed by atoms with Crippen LogP contribution in [-0.4, -0.2) is 23.2 Å². The third-order valence-electron chi connectivity index (χ3n) is 4.07. The first-order valence-electron chi connectivity index (χ1n) is 9.26. The highest BCUT2D eigenvalue weighted by Gasteiger charge is 2.43. The zero-order valence-electron chi connectivity index (χ0n) is 17.0. The van der Waals surface area contributed by atoms with Crippen LogP contribution in [0.4, 0.5) is 0 Å². The van der Waals surface area contributed by atoms with Crippen LogP contribution in [0.15, 0.2) is 91.0 Å². The summed E-state index contributed by atoms with van der Waals surface area (Å²) in [5.41, 5.74) is 0. The smallest absolute Gasteiger partial charge is 0.300 e. The molecule has 5 heteroatoms. The molecule has 3 rings (SSSR count). The Morgan fingerprint density at radius 2 is 0.931 bits per heavy atom. The van der Waals surface area contributed by atoms with E-state index >= 15 is 0 Å². The molecule has 4 nitrogen and oxygen atoms in total. The second kappa shape index (κ2) is 12.5. The maximum atomic E-state index is 9.00. The van der Waals surface area contributed by atoms with E-state index in [0.717, 1.165) is 20.0 Å². The van der Waals surface area contributed by atoms with Crippen LogP contribution in [0.3, 0.4) is 0 Å². The van der Waals surface area contributed by atoms with Gasteiger partial charge in [0.05, 0.1) is 6.16 Å². The molecule has 0 radical (unpaired) electrons. The quantitative estimate of drug-likeness (QED) is 0.671. The van der Waals surface area contributed by atoms with E-state index in [1.165, 1.54) is 15.9 Å². The number of benzene rings is 3. The summed E-state index contributed by atoms with van der Waals surface area (Å²) in [4.78, 5) is 17.9. The Kier molecular flexibility index (Phi) is 10.4. The molecule has 0 aromatic heterocycles. The van der Waals surface area contributed by atoms with E-state index in [-0.39, 0.29) is 0 Å². The number of hydrogen-bond donors (Lipinski definition) is 1. The van der Waals surface area contributed by atoms with E-state index in [4.69, 9.17) is 19.8 Å². The van der Waals surface area contributed by atoms with Crippen LogP contribution in [0, 0.1) is 0 Å². The van der Waals surface area contributed by atoms with Gasteiger partial charge in [-0.05, 0) is 50.2 Å². The number of aliphatic carboxylic acids is 2. The van der Waals surface area contributed by atoms with Crippen LogP contribution in [0.1, 0.15) is 20.8 Å². The van der Waals surface area contributed by atoms with E-state index in [1.807, 2.05) is 0 Å². The fraction of sp³-hybridized carbons (Fsp3) is 0.167. The average molecular weight is 410 g/mol. The van der Waals surface area contributed by atoms with Gasteiger partial charge in [-0.25, -0.2) is 0 Å². The normalized spacial score (nSPS) is 9.90. The SMILES string of the molecule is CC(=O)O.CC(=O)[O-].CC[P+](c1ccccc1)(c1ccccc1)c1ccccc1. The van der Waals surface area contributed by atoms with Crippen LogP contribution >= 0.6 is 7.26 Å². The number of carbonyl (C=O) groups excluding carboxylic acids is 1. The molecule has 3 aromatic carbocycles. The van der Waals surface area contributed by atoms with E-state index in [2.05, 4.69) is 97.9 Å². The molecular formula is C24H27O4P. The van der Waals surface area contributed by atoms with E-state index in [0.29, 0.717) is 0 Å². The van der Waals surface area contributed by atoms with Crippen molar-refractivity contribution >= 4 is 35.1 Å². The topological polar surface area (TPSA) is 77.4 Å². The Morgan fingerprint density at radius 3 is 1.10 bits per heavy atom. The molecule has 0 atom stereocenters. The van der Waals surface area contributed by atoms with Gasteiger partial charge in [0.25, 0.3) is 5.97 Å². The molecule has 0 aliphatic heterocycles. The average Bonchev–Trinajstić information content (AvgIpc) is 2.71. The molecule has 29 heavy (non-hydrogen) atoms. The maximum absolute atomic E-state index is 9.00. The lowest BCUT2D eigenvalue weighted by Gasteiger charge is -2.26. The Balaban J connectivity index is 0.000000452. The van der Waals surface area contributed by atoms with Crippen LogP contribution < -0.4 is 21.0 Å². The second-order valence-electron chi connectivity index (χ2n) is 6.14. The third kappa shape index (κ3) is 7.52. The summed E-state index contributed by atoms with van der Waals surface area (Å²) < 4.78 is 0.